The Bertz CT molecular complexity index is 605. The van der Waals surface area contributed by atoms with Gasteiger partial charge in [-0.3, -0.25) is 4.79 Å². The Morgan fingerprint density at radius 1 is 1.50 bits per heavy atom. The zero-order valence-corrected chi connectivity index (χ0v) is 13.4. The Balaban J connectivity index is 3.11. The van der Waals surface area contributed by atoms with Gasteiger partial charge in [-0.1, -0.05) is 13.8 Å². The molecule has 0 spiro atoms. The van der Waals surface area contributed by atoms with Gasteiger partial charge >= 0.3 is 5.97 Å². The number of carboxylic acid groups (broad SMARTS) is 1. The van der Waals surface area contributed by atoms with E-state index in [-0.39, 0.29) is 22.5 Å². The van der Waals surface area contributed by atoms with Crippen molar-refractivity contribution in [3.63, 3.8) is 0 Å². The molecule has 0 amide bonds. The van der Waals surface area contributed by atoms with Gasteiger partial charge in [-0.25, -0.2) is 12.8 Å². The van der Waals surface area contributed by atoms with Crippen molar-refractivity contribution in [1.82, 2.24) is 4.31 Å². The fourth-order valence-corrected chi connectivity index (χ4v) is 3.36. The minimum Gasteiger partial charge on any atom is -0.481 e. The van der Waals surface area contributed by atoms with E-state index in [2.05, 4.69) is 15.9 Å². The van der Waals surface area contributed by atoms with E-state index in [4.69, 9.17) is 5.11 Å². The highest BCUT2D eigenvalue weighted by Gasteiger charge is 2.27. The minimum absolute atomic E-state index is 0.109. The minimum atomic E-state index is -3.91. The molecule has 5 nitrogen and oxygen atoms in total. The van der Waals surface area contributed by atoms with Crippen LogP contribution in [0.1, 0.15) is 13.8 Å². The van der Waals surface area contributed by atoms with Crippen molar-refractivity contribution in [1.29, 1.82) is 0 Å². The summed E-state index contributed by atoms with van der Waals surface area (Å²) in [6, 6.07) is 3.49. The molecule has 0 saturated carbocycles. The molecule has 0 aromatic heterocycles. The summed E-state index contributed by atoms with van der Waals surface area (Å²) in [5, 5.41) is 8.86. The van der Waals surface area contributed by atoms with Gasteiger partial charge in [-0.05, 0) is 34.1 Å². The summed E-state index contributed by atoms with van der Waals surface area (Å²) >= 11 is 2.95. The molecule has 8 heteroatoms. The fraction of sp³-hybridized carbons (Fsp3) is 0.417. The zero-order chi connectivity index (χ0) is 15.5. The van der Waals surface area contributed by atoms with Crippen LogP contribution in [-0.2, 0) is 14.8 Å². The van der Waals surface area contributed by atoms with Crippen molar-refractivity contribution in [2.75, 3.05) is 13.1 Å². The van der Waals surface area contributed by atoms with Crippen molar-refractivity contribution in [3.05, 3.63) is 28.5 Å². The van der Waals surface area contributed by atoms with Crippen LogP contribution in [-0.4, -0.2) is 36.9 Å². The number of aliphatic carboxylic acids is 1. The highest BCUT2D eigenvalue weighted by Crippen LogP contribution is 2.22. The van der Waals surface area contributed by atoms with Crippen LogP contribution in [0.3, 0.4) is 0 Å². The SMILES string of the molecule is CCN(CC(C)C(=O)O)S(=O)(=O)c1ccc(Br)c(F)c1. The summed E-state index contributed by atoms with van der Waals surface area (Å²) in [7, 11) is -3.91. The van der Waals surface area contributed by atoms with Crippen molar-refractivity contribution in [3.8, 4) is 0 Å². The lowest BCUT2D eigenvalue weighted by molar-refractivity contribution is -0.141. The first-order chi connectivity index (χ1) is 9.20. The third-order valence-electron chi connectivity index (χ3n) is 2.78. The largest absolute Gasteiger partial charge is 0.481 e. The van der Waals surface area contributed by atoms with Crippen LogP contribution in [0, 0.1) is 11.7 Å². The van der Waals surface area contributed by atoms with Gasteiger partial charge in [0, 0.05) is 13.1 Å². The predicted octanol–water partition coefficient (Wildman–Crippen LogP) is 2.32. The number of hydrogen-bond donors (Lipinski definition) is 1. The Morgan fingerprint density at radius 2 is 2.10 bits per heavy atom. The monoisotopic (exact) mass is 367 g/mol. The first kappa shape index (κ1) is 17.1. The highest BCUT2D eigenvalue weighted by atomic mass is 79.9. The number of carbonyl (C=O) groups is 1. The van der Waals surface area contributed by atoms with Gasteiger partial charge in [0.15, 0.2) is 0 Å². The van der Waals surface area contributed by atoms with E-state index < -0.39 is 27.7 Å². The lowest BCUT2D eigenvalue weighted by Gasteiger charge is -2.22. The van der Waals surface area contributed by atoms with Crippen molar-refractivity contribution < 1.29 is 22.7 Å². The summed E-state index contributed by atoms with van der Waals surface area (Å²) < 4.78 is 39.3. The van der Waals surface area contributed by atoms with Crippen LogP contribution in [0.15, 0.2) is 27.6 Å². The van der Waals surface area contributed by atoms with Crippen molar-refractivity contribution >= 4 is 31.9 Å². The van der Waals surface area contributed by atoms with Crippen molar-refractivity contribution in [2.45, 2.75) is 18.7 Å². The number of carboxylic acids is 1. The Hall–Kier alpha value is -0.990. The second-order valence-electron chi connectivity index (χ2n) is 4.27. The number of sulfonamides is 1. The molecule has 0 fully saturated rings. The van der Waals surface area contributed by atoms with E-state index in [0.717, 1.165) is 10.4 Å². The maximum absolute atomic E-state index is 13.4. The molecule has 0 aliphatic carbocycles. The van der Waals surface area contributed by atoms with Crippen LogP contribution in [0.25, 0.3) is 0 Å². The van der Waals surface area contributed by atoms with E-state index >= 15 is 0 Å². The Kier molecular flexibility index (Phi) is 5.67. The molecule has 1 rings (SSSR count). The Morgan fingerprint density at radius 3 is 2.55 bits per heavy atom. The molecule has 0 aliphatic rings. The molecule has 0 saturated heterocycles. The molecule has 0 bridgehead atoms. The first-order valence-electron chi connectivity index (χ1n) is 5.88. The average molecular weight is 368 g/mol. The molecule has 1 unspecified atom stereocenters. The summed E-state index contributed by atoms with van der Waals surface area (Å²) in [4.78, 5) is 10.6. The standard InChI is InChI=1S/C12H15BrFNO4S/c1-3-15(7-8(2)12(16)17)20(18,19)9-4-5-10(13)11(14)6-9/h4-6,8H,3,7H2,1-2H3,(H,16,17). The van der Waals surface area contributed by atoms with E-state index in [1.54, 1.807) is 6.92 Å². The molecule has 0 radical (unpaired) electrons. The third kappa shape index (κ3) is 3.77. The normalized spacial score (nSPS) is 13.4. The van der Waals surface area contributed by atoms with Crippen LogP contribution in [0.5, 0.6) is 0 Å². The van der Waals surface area contributed by atoms with E-state index in [1.807, 2.05) is 0 Å². The lowest BCUT2D eigenvalue weighted by Crippen LogP contribution is -2.36. The van der Waals surface area contributed by atoms with Gasteiger partial charge < -0.3 is 5.11 Å². The topological polar surface area (TPSA) is 74.7 Å². The van der Waals surface area contributed by atoms with Gasteiger partial charge in [-0.15, -0.1) is 0 Å². The second kappa shape index (κ2) is 6.64. The molecular weight excluding hydrogens is 353 g/mol. The lowest BCUT2D eigenvalue weighted by atomic mass is 10.2. The number of nitrogens with zero attached hydrogens (tertiary/aromatic N) is 1. The highest BCUT2D eigenvalue weighted by molar-refractivity contribution is 9.10. The number of benzene rings is 1. The molecule has 112 valence electrons. The molecule has 1 atom stereocenters. The maximum atomic E-state index is 13.4. The third-order valence-corrected chi connectivity index (χ3v) is 5.36. The quantitative estimate of drug-likeness (QED) is 0.836. The van der Waals surface area contributed by atoms with Gasteiger partial charge in [0.25, 0.3) is 0 Å². The molecular formula is C12H15BrFNO4S. The van der Waals surface area contributed by atoms with Crippen molar-refractivity contribution in [2.24, 2.45) is 5.92 Å². The predicted molar refractivity (Wildman–Crippen MR) is 75.3 cm³/mol. The molecule has 0 heterocycles. The fourth-order valence-electron chi connectivity index (χ4n) is 1.57. The molecule has 1 N–H and O–H groups in total. The van der Waals surface area contributed by atoms with Crippen LogP contribution in [0.2, 0.25) is 0 Å². The molecule has 20 heavy (non-hydrogen) atoms. The van der Waals surface area contributed by atoms with E-state index in [9.17, 15) is 17.6 Å². The van der Waals surface area contributed by atoms with E-state index in [1.165, 1.54) is 19.1 Å². The van der Waals surface area contributed by atoms with Gasteiger partial charge in [0.1, 0.15) is 5.82 Å². The second-order valence-corrected chi connectivity index (χ2v) is 7.06. The van der Waals surface area contributed by atoms with Gasteiger partial charge in [0.2, 0.25) is 10.0 Å². The molecule has 1 aromatic carbocycles. The summed E-state index contributed by atoms with van der Waals surface area (Å²) in [6.07, 6.45) is 0. The van der Waals surface area contributed by atoms with E-state index in [0.29, 0.717) is 0 Å². The van der Waals surface area contributed by atoms with Gasteiger partial charge in [-0.2, -0.15) is 4.31 Å². The van der Waals surface area contributed by atoms with Gasteiger partial charge in [0.05, 0.1) is 15.3 Å². The average Bonchev–Trinajstić information content (AvgIpc) is 2.38. The number of halogens is 2. The summed E-state index contributed by atoms with van der Waals surface area (Å²) in [5.74, 6) is -2.61. The van der Waals surface area contributed by atoms with Crippen LogP contribution in [0.4, 0.5) is 4.39 Å². The summed E-state index contributed by atoms with van der Waals surface area (Å²) in [6.45, 7) is 2.97. The smallest absolute Gasteiger partial charge is 0.307 e. The molecule has 1 aromatic rings. The Labute approximate surface area is 125 Å². The van der Waals surface area contributed by atoms with Crippen LogP contribution < -0.4 is 0 Å². The first-order valence-corrected chi connectivity index (χ1v) is 8.11. The number of hydrogen-bond acceptors (Lipinski definition) is 3. The van der Waals surface area contributed by atoms with Crippen LogP contribution >= 0.6 is 15.9 Å². The summed E-state index contributed by atoms with van der Waals surface area (Å²) in [5.41, 5.74) is 0. The maximum Gasteiger partial charge on any atom is 0.307 e. The molecule has 0 aliphatic heterocycles. The number of rotatable bonds is 6. The zero-order valence-electron chi connectivity index (χ0n) is 11.0.